The van der Waals surface area contributed by atoms with Crippen LogP contribution in [0, 0.1) is 0 Å². The molecule has 0 aliphatic rings. The molecule has 0 spiro atoms. The molecule has 0 unspecified atom stereocenters. The van der Waals surface area contributed by atoms with Gasteiger partial charge in [-0.3, -0.25) is 9.20 Å². The predicted molar refractivity (Wildman–Crippen MR) is 101 cm³/mol. The molecule has 0 aliphatic carbocycles. The van der Waals surface area contributed by atoms with E-state index in [-0.39, 0.29) is 12.2 Å². The Labute approximate surface area is 157 Å². The van der Waals surface area contributed by atoms with Crippen LogP contribution in [0.4, 0.5) is 0 Å². The first-order valence-corrected chi connectivity index (χ1v) is 8.51. The molecule has 2 heterocycles. The zero-order valence-corrected chi connectivity index (χ0v) is 15.5. The summed E-state index contributed by atoms with van der Waals surface area (Å²) in [5, 5.41) is 0. The summed E-state index contributed by atoms with van der Waals surface area (Å²) < 4.78 is 12.5. The quantitative estimate of drug-likeness (QED) is 0.473. The maximum atomic E-state index is 12.1. The maximum absolute atomic E-state index is 12.1. The molecule has 0 N–H and O–H groups in total. The highest BCUT2D eigenvalue weighted by Gasteiger charge is 2.05. The van der Waals surface area contributed by atoms with E-state index in [2.05, 4.69) is 20.9 Å². The van der Waals surface area contributed by atoms with Crippen LogP contribution in [0.5, 0.6) is 5.75 Å². The lowest BCUT2D eigenvalue weighted by Gasteiger charge is -2.05. The number of halogens is 1. The number of rotatable bonds is 5. The molecule has 3 rings (SSSR count). The van der Waals surface area contributed by atoms with Crippen molar-refractivity contribution in [1.29, 1.82) is 0 Å². The Morgan fingerprint density at radius 1 is 1.27 bits per heavy atom. The van der Waals surface area contributed by atoms with E-state index in [4.69, 9.17) is 9.47 Å². The third-order valence-electron chi connectivity index (χ3n) is 3.54. The molecule has 2 aromatic heterocycles. The number of carbonyl (C=O) groups excluding carboxylic acids is 1. The molecule has 7 heteroatoms. The summed E-state index contributed by atoms with van der Waals surface area (Å²) in [5.41, 5.74) is 1.45. The standard InChI is InChI=1S/C19H15BrN2O4/c1-25-16-4-2-3-13(9-16)5-8-19(24)26-12-15-10-18(23)22-11-14(20)6-7-17(22)21-15/h2-11H,12H2,1H3/b8-5+. The number of hydrogen-bond donors (Lipinski definition) is 0. The van der Waals surface area contributed by atoms with Crippen LogP contribution in [0.15, 0.2) is 64.0 Å². The molecule has 6 nitrogen and oxygen atoms in total. The van der Waals surface area contributed by atoms with Gasteiger partial charge in [0, 0.05) is 22.8 Å². The SMILES string of the molecule is COc1cccc(/C=C/C(=O)OCc2cc(=O)n3cc(Br)ccc3n2)c1. The number of aromatic nitrogens is 2. The van der Waals surface area contributed by atoms with Crippen molar-refractivity contribution in [3.8, 4) is 5.75 Å². The van der Waals surface area contributed by atoms with E-state index in [0.29, 0.717) is 17.1 Å². The summed E-state index contributed by atoms with van der Waals surface area (Å²) in [7, 11) is 1.58. The highest BCUT2D eigenvalue weighted by atomic mass is 79.9. The van der Waals surface area contributed by atoms with Crippen LogP contribution in [-0.2, 0) is 16.1 Å². The average molecular weight is 415 g/mol. The van der Waals surface area contributed by atoms with E-state index in [0.717, 1.165) is 10.0 Å². The number of nitrogens with zero attached hydrogens (tertiary/aromatic N) is 2. The molecule has 0 aliphatic heterocycles. The summed E-state index contributed by atoms with van der Waals surface area (Å²) in [6.07, 6.45) is 4.59. The Morgan fingerprint density at radius 2 is 2.12 bits per heavy atom. The number of methoxy groups -OCH3 is 1. The lowest BCUT2D eigenvalue weighted by atomic mass is 10.2. The topological polar surface area (TPSA) is 69.9 Å². The van der Waals surface area contributed by atoms with Crippen LogP contribution >= 0.6 is 15.9 Å². The second-order valence-electron chi connectivity index (χ2n) is 5.38. The Kier molecular flexibility index (Phi) is 5.48. The van der Waals surface area contributed by atoms with Gasteiger partial charge in [-0.2, -0.15) is 0 Å². The summed E-state index contributed by atoms with van der Waals surface area (Å²) >= 11 is 3.31. The minimum absolute atomic E-state index is 0.0803. The van der Waals surface area contributed by atoms with Gasteiger partial charge in [0.25, 0.3) is 5.56 Å². The predicted octanol–water partition coefficient (Wildman–Crippen LogP) is 3.22. The van der Waals surface area contributed by atoms with E-state index in [1.807, 2.05) is 18.2 Å². The molecular formula is C19H15BrN2O4. The number of carbonyl (C=O) groups is 1. The van der Waals surface area contributed by atoms with Crippen LogP contribution in [0.1, 0.15) is 11.3 Å². The molecule has 0 bridgehead atoms. The minimum Gasteiger partial charge on any atom is -0.497 e. The van der Waals surface area contributed by atoms with E-state index >= 15 is 0 Å². The van der Waals surface area contributed by atoms with Crippen molar-refractivity contribution in [1.82, 2.24) is 9.38 Å². The molecule has 1 aromatic carbocycles. The number of ether oxygens (including phenoxy) is 2. The minimum atomic E-state index is -0.523. The Morgan fingerprint density at radius 3 is 2.92 bits per heavy atom. The van der Waals surface area contributed by atoms with Crippen LogP contribution in [0.3, 0.4) is 0 Å². The third kappa shape index (κ3) is 4.37. The van der Waals surface area contributed by atoms with Gasteiger partial charge >= 0.3 is 5.97 Å². The summed E-state index contributed by atoms with van der Waals surface area (Å²) in [4.78, 5) is 28.3. The van der Waals surface area contributed by atoms with Crippen molar-refractivity contribution >= 4 is 33.6 Å². The number of fused-ring (bicyclic) bond motifs is 1. The Balaban J connectivity index is 1.67. The van der Waals surface area contributed by atoms with Crippen LogP contribution in [0.25, 0.3) is 11.7 Å². The molecule has 3 aromatic rings. The molecule has 0 fully saturated rings. The van der Waals surface area contributed by atoms with Crippen LogP contribution in [0.2, 0.25) is 0 Å². The lowest BCUT2D eigenvalue weighted by molar-refractivity contribution is -0.139. The van der Waals surface area contributed by atoms with Crippen molar-refractivity contribution in [3.63, 3.8) is 0 Å². The van der Waals surface area contributed by atoms with Gasteiger partial charge in [-0.25, -0.2) is 9.78 Å². The van der Waals surface area contributed by atoms with Crippen molar-refractivity contribution < 1.29 is 14.3 Å². The molecular weight excluding hydrogens is 400 g/mol. The fourth-order valence-electron chi connectivity index (χ4n) is 2.30. The highest BCUT2D eigenvalue weighted by Crippen LogP contribution is 2.14. The fourth-order valence-corrected chi connectivity index (χ4v) is 2.64. The van der Waals surface area contributed by atoms with E-state index in [1.54, 1.807) is 37.6 Å². The molecule has 0 radical (unpaired) electrons. The molecule has 26 heavy (non-hydrogen) atoms. The van der Waals surface area contributed by atoms with Gasteiger partial charge in [-0.05, 0) is 51.8 Å². The van der Waals surface area contributed by atoms with Gasteiger partial charge in [0.05, 0.1) is 12.8 Å². The molecule has 0 saturated carbocycles. The second-order valence-corrected chi connectivity index (χ2v) is 6.29. The van der Waals surface area contributed by atoms with Crippen molar-refractivity contribution in [2.24, 2.45) is 0 Å². The number of benzene rings is 1. The Hall–Kier alpha value is -2.93. The first-order valence-electron chi connectivity index (χ1n) is 7.72. The van der Waals surface area contributed by atoms with Gasteiger partial charge < -0.3 is 9.47 Å². The molecule has 132 valence electrons. The fraction of sp³-hybridized carbons (Fsp3) is 0.105. The maximum Gasteiger partial charge on any atom is 0.331 e. The monoisotopic (exact) mass is 414 g/mol. The van der Waals surface area contributed by atoms with Gasteiger partial charge in [0.2, 0.25) is 0 Å². The number of esters is 1. The van der Waals surface area contributed by atoms with Crippen molar-refractivity contribution in [2.75, 3.05) is 7.11 Å². The second kappa shape index (κ2) is 7.97. The lowest BCUT2D eigenvalue weighted by Crippen LogP contribution is -2.16. The summed E-state index contributed by atoms with van der Waals surface area (Å²) in [6, 6.07) is 12.1. The molecule has 0 amide bonds. The van der Waals surface area contributed by atoms with E-state index in [1.165, 1.54) is 16.5 Å². The highest BCUT2D eigenvalue weighted by molar-refractivity contribution is 9.10. The number of hydrogen-bond acceptors (Lipinski definition) is 5. The molecule has 0 atom stereocenters. The van der Waals surface area contributed by atoms with Gasteiger partial charge in [-0.1, -0.05) is 12.1 Å². The summed E-state index contributed by atoms with van der Waals surface area (Å²) in [6.45, 7) is -0.0803. The smallest absolute Gasteiger partial charge is 0.331 e. The zero-order valence-electron chi connectivity index (χ0n) is 13.9. The third-order valence-corrected chi connectivity index (χ3v) is 4.01. The van der Waals surface area contributed by atoms with E-state index in [9.17, 15) is 9.59 Å². The summed E-state index contributed by atoms with van der Waals surface area (Å²) in [5.74, 6) is 0.179. The zero-order chi connectivity index (χ0) is 18.5. The van der Waals surface area contributed by atoms with Crippen LogP contribution in [-0.4, -0.2) is 22.5 Å². The van der Waals surface area contributed by atoms with E-state index < -0.39 is 5.97 Å². The first kappa shape index (κ1) is 17.9. The number of pyridine rings is 1. The average Bonchev–Trinajstić information content (AvgIpc) is 2.65. The first-order chi connectivity index (χ1) is 12.5. The van der Waals surface area contributed by atoms with Crippen molar-refractivity contribution in [2.45, 2.75) is 6.61 Å². The molecule has 0 saturated heterocycles. The Bertz CT molecular complexity index is 1040. The van der Waals surface area contributed by atoms with Gasteiger partial charge in [0.1, 0.15) is 18.0 Å². The van der Waals surface area contributed by atoms with Crippen LogP contribution < -0.4 is 10.3 Å². The van der Waals surface area contributed by atoms with Crippen molar-refractivity contribution in [3.05, 3.63) is 80.8 Å². The normalized spacial score (nSPS) is 11.0. The largest absolute Gasteiger partial charge is 0.497 e. The van der Waals surface area contributed by atoms with Gasteiger partial charge in [0.15, 0.2) is 0 Å². The van der Waals surface area contributed by atoms with Gasteiger partial charge in [-0.15, -0.1) is 0 Å².